The van der Waals surface area contributed by atoms with Crippen LogP contribution in [0, 0.1) is 0 Å². The maximum atomic E-state index is 13.4. The van der Waals surface area contributed by atoms with E-state index in [-0.39, 0.29) is 0 Å². The molecule has 1 N–H and O–H groups in total. The Balaban J connectivity index is 5.88. The topological polar surface area (TPSA) is 54.4 Å². The van der Waals surface area contributed by atoms with Gasteiger partial charge >= 0.3 is 27.9 Å². The highest BCUT2D eigenvalue weighted by Crippen LogP contribution is 2.52. The SMILES string of the molecule is O=S(=O)(O)C(F)C(F)(F)C(F)(F)C(F)(F)C(F)C(F)C(F)C(F)C(F)C(F)C(F)F. The van der Waals surface area contributed by atoms with Gasteiger partial charge < -0.3 is 0 Å². The smallest absolute Gasteiger partial charge is 0.283 e. The summed E-state index contributed by atoms with van der Waals surface area (Å²) in [5.74, 6) is -22.0. The third kappa shape index (κ3) is 5.18. The first-order valence-electron chi connectivity index (χ1n) is 6.93. The molecule has 7 atom stereocenters. The van der Waals surface area contributed by atoms with Crippen molar-refractivity contribution in [2.24, 2.45) is 0 Å². The minimum Gasteiger partial charge on any atom is -0.283 e. The lowest BCUT2D eigenvalue weighted by Crippen LogP contribution is -2.65. The van der Waals surface area contributed by atoms with E-state index in [9.17, 15) is 74.3 Å². The second-order valence-electron chi connectivity index (χ2n) is 5.61. The molecule has 0 aliphatic rings. The fourth-order valence-corrected chi connectivity index (χ4v) is 2.27. The van der Waals surface area contributed by atoms with E-state index in [1.54, 1.807) is 0 Å². The lowest BCUT2D eigenvalue weighted by Gasteiger charge is -2.36. The Morgan fingerprint density at radius 2 is 0.900 bits per heavy atom. The first kappa shape index (κ1) is 28.9. The highest BCUT2D eigenvalue weighted by molar-refractivity contribution is 7.86. The van der Waals surface area contributed by atoms with Crippen LogP contribution in [0.3, 0.4) is 0 Å². The number of hydrogen-bond acceptors (Lipinski definition) is 2. The number of hydrogen-bond donors (Lipinski definition) is 1. The molecule has 182 valence electrons. The van der Waals surface area contributed by atoms with E-state index in [0.717, 1.165) is 0 Å². The zero-order chi connectivity index (χ0) is 24.6. The monoisotopic (exact) mass is 506 g/mol. The molecule has 0 aromatic rings. The van der Waals surface area contributed by atoms with Crippen molar-refractivity contribution in [1.82, 2.24) is 0 Å². The third-order valence-electron chi connectivity index (χ3n) is 3.47. The van der Waals surface area contributed by atoms with Crippen LogP contribution in [0.5, 0.6) is 0 Å². The molecule has 0 aromatic heterocycles. The zero-order valence-corrected chi connectivity index (χ0v) is 14.3. The van der Waals surface area contributed by atoms with Gasteiger partial charge in [-0.25, -0.2) is 39.5 Å². The second-order valence-corrected chi connectivity index (χ2v) is 7.05. The van der Waals surface area contributed by atoms with Crippen molar-refractivity contribution in [2.75, 3.05) is 0 Å². The molecule has 7 unspecified atom stereocenters. The molecule has 3 nitrogen and oxygen atoms in total. The van der Waals surface area contributed by atoms with Crippen LogP contribution in [0.1, 0.15) is 0 Å². The quantitative estimate of drug-likeness (QED) is 0.335. The third-order valence-corrected chi connectivity index (χ3v) is 4.29. The number of alkyl halides is 15. The van der Waals surface area contributed by atoms with Crippen molar-refractivity contribution < 1.29 is 78.8 Å². The zero-order valence-electron chi connectivity index (χ0n) is 13.5. The molecule has 0 saturated carbocycles. The van der Waals surface area contributed by atoms with Crippen LogP contribution >= 0.6 is 0 Å². The van der Waals surface area contributed by atoms with E-state index in [2.05, 4.69) is 0 Å². The van der Waals surface area contributed by atoms with E-state index in [1.807, 2.05) is 0 Å². The van der Waals surface area contributed by atoms with Gasteiger partial charge in [-0.15, -0.1) is 0 Å². The van der Waals surface area contributed by atoms with Gasteiger partial charge in [0.1, 0.15) is 0 Å². The molecule has 19 heteroatoms. The van der Waals surface area contributed by atoms with Gasteiger partial charge in [0.05, 0.1) is 0 Å². The van der Waals surface area contributed by atoms with Crippen molar-refractivity contribution in [3.63, 3.8) is 0 Å². The second kappa shape index (κ2) is 9.15. The van der Waals surface area contributed by atoms with Crippen molar-refractivity contribution in [3.8, 4) is 0 Å². The number of halogens is 15. The lowest BCUT2D eigenvalue weighted by molar-refractivity contribution is -0.337. The van der Waals surface area contributed by atoms with Crippen LogP contribution in [0.15, 0.2) is 0 Å². The van der Waals surface area contributed by atoms with E-state index >= 15 is 0 Å². The molecule has 0 amide bonds. The fraction of sp³-hybridized carbons (Fsp3) is 1.00. The molecular weight excluding hydrogens is 497 g/mol. The van der Waals surface area contributed by atoms with Gasteiger partial charge in [0, 0.05) is 0 Å². The first-order valence-corrected chi connectivity index (χ1v) is 8.43. The molecule has 30 heavy (non-hydrogen) atoms. The molecule has 0 aliphatic heterocycles. The Kier molecular flexibility index (Phi) is 8.81. The Morgan fingerprint density at radius 3 is 1.23 bits per heavy atom. The van der Waals surface area contributed by atoms with Crippen molar-refractivity contribution in [2.45, 2.75) is 66.7 Å². The van der Waals surface area contributed by atoms with Crippen LogP contribution in [0.2, 0.25) is 0 Å². The average molecular weight is 506 g/mol. The van der Waals surface area contributed by atoms with Crippen molar-refractivity contribution >= 4 is 10.1 Å². The molecule has 0 heterocycles. The molecule has 0 bridgehead atoms. The van der Waals surface area contributed by atoms with E-state index < -0.39 is 76.8 Å². The molecule has 0 saturated heterocycles. The maximum absolute atomic E-state index is 13.4. The summed E-state index contributed by atoms with van der Waals surface area (Å²) in [6.07, 6.45) is -32.9. The minimum absolute atomic E-state index is 4.23. The number of rotatable bonds is 11. The summed E-state index contributed by atoms with van der Waals surface area (Å²) < 4.78 is 223. The van der Waals surface area contributed by atoms with Gasteiger partial charge in [-0.2, -0.15) is 34.8 Å². The van der Waals surface area contributed by atoms with E-state index in [4.69, 9.17) is 4.55 Å². The summed E-state index contributed by atoms with van der Waals surface area (Å²) in [7, 11) is -6.85. The minimum atomic E-state index is -7.55. The summed E-state index contributed by atoms with van der Waals surface area (Å²) in [4.78, 5) is 0. The van der Waals surface area contributed by atoms with Crippen molar-refractivity contribution in [1.29, 1.82) is 0 Å². The summed E-state index contributed by atoms with van der Waals surface area (Å²) in [5.41, 5.74) is -5.54. The Hall–Kier alpha value is -1.14. The van der Waals surface area contributed by atoms with E-state index in [1.165, 1.54) is 0 Å². The van der Waals surface area contributed by atoms with Crippen molar-refractivity contribution in [3.05, 3.63) is 0 Å². The van der Waals surface area contributed by atoms with Gasteiger partial charge in [0.25, 0.3) is 11.9 Å². The Morgan fingerprint density at radius 1 is 0.567 bits per heavy atom. The lowest BCUT2D eigenvalue weighted by atomic mass is 9.93. The fourth-order valence-electron chi connectivity index (χ4n) is 1.75. The predicted octanol–water partition coefficient (Wildman–Crippen LogP) is 4.37. The average Bonchev–Trinajstić information content (AvgIpc) is 2.62. The van der Waals surface area contributed by atoms with Gasteiger partial charge in [-0.3, -0.25) is 4.55 Å². The molecule has 0 radical (unpaired) electrons. The summed E-state index contributed by atoms with van der Waals surface area (Å²) >= 11 is 0. The Labute approximate surface area is 157 Å². The van der Waals surface area contributed by atoms with Crippen LogP contribution in [0.25, 0.3) is 0 Å². The molecule has 0 rings (SSSR count). The van der Waals surface area contributed by atoms with Crippen LogP contribution in [-0.2, 0) is 10.1 Å². The van der Waals surface area contributed by atoms with Crippen LogP contribution in [0.4, 0.5) is 65.9 Å². The molecular formula is C11H9F15O3S. The Bertz CT molecular complexity index is 671. The van der Waals surface area contributed by atoms with Gasteiger partial charge in [0.15, 0.2) is 30.9 Å². The molecule has 0 aromatic carbocycles. The highest BCUT2D eigenvalue weighted by Gasteiger charge is 2.80. The summed E-state index contributed by atoms with van der Waals surface area (Å²) in [6.45, 7) is 0. The normalized spacial score (nSPS) is 21.6. The summed E-state index contributed by atoms with van der Waals surface area (Å²) in [6, 6.07) is 0. The predicted molar refractivity (Wildman–Crippen MR) is 66.7 cm³/mol. The largest absolute Gasteiger partial charge is 0.379 e. The maximum Gasteiger partial charge on any atom is 0.379 e. The van der Waals surface area contributed by atoms with Gasteiger partial charge in [-0.05, 0) is 0 Å². The van der Waals surface area contributed by atoms with Gasteiger partial charge in [-0.1, -0.05) is 0 Å². The van der Waals surface area contributed by atoms with E-state index in [0.29, 0.717) is 0 Å². The van der Waals surface area contributed by atoms with Crippen LogP contribution < -0.4 is 0 Å². The highest BCUT2D eigenvalue weighted by atomic mass is 32.2. The molecule has 0 aliphatic carbocycles. The van der Waals surface area contributed by atoms with Gasteiger partial charge in [0.2, 0.25) is 6.17 Å². The van der Waals surface area contributed by atoms with Crippen LogP contribution in [-0.4, -0.2) is 79.7 Å². The molecule has 0 fully saturated rings. The summed E-state index contributed by atoms with van der Waals surface area (Å²) in [5, 5.41) is 0. The first-order chi connectivity index (χ1) is 13.1. The standard InChI is InChI=1S/C11H9F15O3S/c12-1(3(14)5(16)7(18)19)2(13)4(15)6(17)9(21,22)11(25,26)10(23,24)8(20)30(27,28)29/h1-8H,(H,27,28,29). The molecule has 0 spiro atoms.